The number of carbonyl (C=O) groups is 5. The normalized spacial score (nSPS) is 26.2. The van der Waals surface area contributed by atoms with Crippen LogP contribution in [0.2, 0.25) is 0 Å². The number of cyclic esters (lactones) is 1. The maximum atomic E-state index is 13.1. The first-order chi connectivity index (χ1) is 17.4. The van der Waals surface area contributed by atoms with Crippen LogP contribution in [-0.2, 0) is 28.7 Å². The molecule has 0 aliphatic carbocycles. The molecular weight excluding hydrogens is 516 g/mol. The number of nitrogens with one attached hydrogen (secondary N) is 4. The van der Waals surface area contributed by atoms with Crippen molar-refractivity contribution in [3.63, 3.8) is 0 Å². The van der Waals surface area contributed by atoms with Crippen LogP contribution in [0, 0.1) is 11.8 Å². The van der Waals surface area contributed by atoms with E-state index in [1.54, 1.807) is 62.3 Å². The quantitative estimate of drug-likeness (QED) is 0.123. The number of hydrogen-bond donors (Lipinski definition) is 4. The lowest BCUT2D eigenvalue weighted by atomic mass is 10.0. The van der Waals surface area contributed by atoms with Crippen LogP contribution in [0.15, 0.2) is 23.9 Å². The van der Waals surface area contributed by atoms with Gasteiger partial charge in [-0.3, -0.25) is 19.2 Å². The van der Waals surface area contributed by atoms with Crippen molar-refractivity contribution in [1.82, 2.24) is 21.3 Å². The summed E-state index contributed by atoms with van der Waals surface area (Å²) in [5.41, 5.74) is -0.0619. The number of hydrogen-bond acceptors (Lipinski definition) is 8. The lowest BCUT2D eigenvalue weighted by molar-refractivity contribution is -0.153. The molecule has 1 aliphatic rings. The number of rotatable bonds is 7. The standard InChI is InChI=1S/C25H40N4O6S2/c1-8-18-23(32)29-21(15(4)5)25(34)35-17(11-9-10-12-37-36-7)13-19(30)28-20(14(2)3)24(33)26-16(6)22(31)27-18/h8-9,11,14-17,20-21H,10,12-13H2,1-7H3,(H,26,33)(H,27,31)(H,28,30)(H,29,32)/b11-9+,18-8-. The summed E-state index contributed by atoms with van der Waals surface area (Å²) in [5.74, 6) is -2.78. The number of esters is 1. The highest BCUT2D eigenvalue weighted by Gasteiger charge is 2.32. The first-order valence-electron chi connectivity index (χ1n) is 12.3. The molecule has 0 spiro atoms. The van der Waals surface area contributed by atoms with Gasteiger partial charge in [-0.05, 0) is 44.4 Å². The monoisotopic (exact) mass is 556 g/mol. The van der Waals surface area contributed by atoms with E-state index in [1.165, 1.54) is 13.0 Å². The van der Waals surface area contributed by atoms with Crippen LogP contribution in [0.4, 0.5) is 0 Å². The molecule has 0 radical (unpaired) electrons. The molecule has 1 saturated heterocycles. The fraction of sp³-hybridized carbons (Fsp3) is 0.640. The Bertz CT molecular complexity index is 890. The SMILES string of the molecule is C/C=C1\NC(=O)C(C)NC(=O)C(C(C)C)NC(=O)CC(/C=C/CCSSC)OC(=O)C(C(C)C)NC1=O. The Kier molecular flexibility index (Phi) is 14.4. The van der Waals surface area contributed by atoms with E-state index in [1.807, 2.05) is 12.3 Å². The summed E-state index contributed by atoms with van der Waals surface area (Å²) in [6.07, 6.45) is 6.50. The highest BCUT2D eigenvalue weighted by atomic mass is 33.1. The molecule has 1 heterocycles. The molecular formula is C25H40N4O6S2. The minimum Gasteiger partial charge on any atom is -0.456 e. The zero-order valence-electron chi connectivity index (χ0n) is 22.6. The van der Waals surface area contributed by atoms with Gasteiger partial charge in [0.25, 0.3) is 5.91 Å². The lowest BCUT2D eigenvalue weighted by Crippen LogP contribution is -2.56. The number of amides is 4. The molecule has 1 aliphatic heterocycles. The summed E-state index contributed by atoms with van der Waals surface area (Å²) in [7, 11) is 3.33. The van der Waals surface area contributed by atoms with Gasteiger partial charge in [0.05, 0.1) is 6.42 Å². The van der Waals surface area contributed by atoms with Gasteiger partial charge >= 0.3 is 5.97 Å². The summed E-state index contributed by atoms with van der Waals surface area (Å²) >= 11 is 0. The van der Waals surface area contributed by atoms with E-state index in [0.717, 1.165) is 5.75 Å². The van der Waals surface area contributed by atoms with Crippen LogP contribution >= 0.6 is 21.6 Å². The molecule has 1 fully saturated rings. The second kappa shape index (κ2) is 16.4. The predicted octanol–water partition coefficient (Wildman–Crippen LogP) is 2.07. The van der Waals surface area contributed by atoms with E-state index in [-0.39, 0.29) is 24.0 Å². The Balaban J connectivity index is 3.35. The molecule has 0 bridgehead atoms. The van der Waals surface area contributed by atoms with Crippen molar-refractivity contribution < 1.29 is 28.7 Å². The molecule has 1 rings (SSSR count). The summed E-state index contributed by atoms with van der Waals surface area (Å²) in [5, 5.41) is 10.4. The molecule has 4 amide bonds. The largest absolute Gasteiger partial charge is 0.456 e. The van der Waals surface area contributed by atoms with E-state index in [0.29, 0.717) is 6.42 Å². The minimum atomic E-state index is -1.01. The van der Waals surface area contributed by atoms with Crippen LogP contribution in [0.5, 0.6) is 0 Å². The Hall–Kier alpha value is -2.47. The van der Waals surface area contributed by atoms with Crippen molar-refractivity contribution in [3.8, 4) is 0 Å². The average molecular weight is 557 g/mol. The Labute approximate surface area is 227 Å². The minimum absolute atomic E-state index is 0.0619. The van der Waals surface area contributed by atoms with Crippen LogP contribution in [0.25, 0.3) is 0 Å². The molecule has 10 nitrogen and oxygen atoms in total. The van der Waals surface area contributed by atoms with E-state index >= 15 is 0 Å². The second-order valence-electron chi connectivity index (χ2n) is 9.29. The third-order valence-corrected chi connectivity index (χ3v) is 7.35. The van der Waals surface area contributed by atoms with Crippen molar-refractivity contribution in [1.29, 1.82) is 0 Å². The molecule has 0 saturated carbocycles. The maximum absolute atomic E-state index is 13.1. The molecule has 0 aromatic carbocycles. The summed E-state index contributed by atoms with van der Waals surface area (Å²) in [6.45, 7) is 10.1. The molecule has 0 aromatic heterocycles. The van der Waals surface area contributed by atoms with Gasteiger partial charge < -0.3 is 26.0 Å². The Morgan fingerprint density at radius 1 is 0.973 bits per heavy atom. The van der Waals surface area contributed by atoms with E-state index < -0.39 is 53.8 Å². The lowest BCUT2D eigenvalue weighted by Gasteiger charge is -2.27. The molecule has 0 aromatic rings. The zero-order chi connectivity index (χ0) is 28.1. The van der Waals surface area contributed by atoms with E-state index in [4.69, 9.17) is 4.74 Å². The highest BCUT2D eigenvalue weighted by Crippen LogP contribution is 2.18. The van der Waals surface area contributed by atoms with E-state index in [2.05, 4.69) is 21.3 Å². The molecule has 37 heavy (non-hydrogen) atoms. The van der Waals surface area contributed by atoms with Crippen molar-refractivity contribution in [2.75, 3.05) is 12.0 Å². The topological polar surface area (TPSA) is 143 Å². The predicted molar refractivity (Wildman–Crippen MR) is 147 cm³/mol. The van der Waals surface area contributed by atoms with Gasteiger partial charge in [0.2, 0.25) is 17.7 Å². The second-order valence-corrected chi connectivity index (χ2v) is 12.0. The molecule has 4 atom stereocenters. The van der Waals surface area contributed by atoms with Gasteiger partial charge in [-0.1, -0.05) is 61.4 Å². The molecule has 4 unspecified atom stereocenters. The molecule has 4 N–H and O–H groups in total. The first kappa shape index (κ1) is 32.6. The van der Waals surface area contributed by atoms with Crippen molar-refractivity contribution in [3.05, 3.63) is 23.9 Å². The van der Waals surface area contributed by atoms with Crippen LogP contribution in [-0.4, -0.2) is 65.8 Å². The van der Waals surface area contributed by atoms with Gasteiger partial charge in [-0.15, -0.1) is 0 Å². The van der Waals surface area contributed by atoms with Crippen LogP contribution in [0.3, 0.4) is 0 Å². The summed E-state index contributed by atoms with van der Waals surface area (Å²) < 4.78 is 5.66. The maximum Gasteiger partial charge on any atom is 0.329 e. The van der Waals surface area contributed by atoms with Crippen LogP contribution in [0.1, 0.15) is 54.4 Å². The Morgan fingerprint density at radius 3 is 2.19 bits per heavy atom. The first-order valence-corrected chi connectivity index (χ1v) is 15.0. The van der Waals surface area contributed by atoms with Gasteiger partial charge in [-0.25, -0.2) is 4.79 Å². The van der Waals surface area contributed by atoms with Crippen LogP contribution < -0.4 is 21.3 Å². The average Bonchev–Trinajstić information content (AvgIpc) is 2.82. The highest BCUT2D eigenvalue weighted by molar-refractivity contribution is 8.76. The van der Waals surface area contributed by atoms with Gasteiger partial charge in [0.1, 0.15) is 29.9 Å². The van der Waals surface area contributed by atoms with Gasteiger partial charge in [0, 0.05) is 5.75 Å². The number of ether oxygens (including phenoxy) is 1. The van der Waals surface area contributed by atoms with Gasteiger partial charge in [-0.2, -0.15) is 0 Å². The zero-order valence-corrected chi connectivity index (χ0v) is 24.2. The fourth-order valence-corrected chi connectivity index (χ4v) is 4.54. The van der Waals surface area contributed by atoms with Gasteiger partial charge in [0.15, 0.2) is 0 Å². The smallest absolute Gasteiger partial charge is 0.329 e. The van der Waals surface area contributed by atoms with Crippen molar-refractivity contribution in [2.45, 2.75) is 78.6 Å². The van der Waals surface area contributed by atoms with E-state index in [9.17, 15) is 24.0 Å². The Morgan fingerprint density at radius 2 is 1.62 bits per heavy atom. The van der Waals surface area contributed by atoms with Crippen molar-refractivity contribution in [2.24, 2.45) is 11.8 Å². The summed E-state index contributed by atoms with van der Waals surface area (Å²) in [6, 6.07) is -2.91. The summed E-state index contributed by atoms with van der Waals surface area (Å²) in [4.78, 5) is 64.4. The third kappa shape index (κ3) is 11.2. The fourth-order valence-electron chi connectivity index (χ4n) is 3.36. The third-order valence-electron chi connectivity index (χ3n) is 5.51. The molecule has 12 heteroatoms. The number of carbonyl (C=O) groups excluding carboxylic acids is 5. The molecule has 208 valence electrons. The number of allylic oxidation sites excluding steroid dienone is 2. The van der Waals surface area contributed by atoms with Crippen molar-refractivity contribution >= 4 is 51.2 Å².